The zero-order valence-electron chi connectivity index (χ0n) is 16.5. The van der Waals surface area contributed by atoms with Gasteiger partial charge in [-0.2, -0.15) is 13.2 Å². The Morgan fingerprint density at radius 2 is 1.77 bits per heavy atom. The van der Waals surface area contributed by atoms with E-state index >= 15 is 0 Å². The third kappa shape index (κ3) is 5.99. The van der Waals surface area contributed by atoms with Crippen LogP contribution in [0, 0.1) is 0 Å². The Bertz CT molecular complexity index is 1040. The molecule has 0 aliphatic carbocycles. The van der Waals surface area contributed by atoms with Crippen LogP contribution in [-0.4, -0.2) is 13.0 Å². The molecule has 4 nitrogen and oxygen atoms in total. The van der Waals surface area contributed by atoms with Crippen molar-refractivity contribution in [1.82, 2.24) is 5.32 Å². The lowest BCUT2D eigenvalue weighted by Gasteiger charge is -2.21. The van der Waals surface area contributed by atoms with Gasteiger partial charge in [0.05, 0.1) is 18.4 Å². The minimum atomic E-state index is -4.66. The van der Waals surface area contributed by atoms with E-state index in [1.807, 2.05) is 18.2 Å². The molecule has 1 atom stereocenters. The Hall–Kier alpha value is -3.03. The summed E-state index contributed by atoms with van der Waals surface area (Å²) in [6.45, 7) is 0.303. The van der Waals surface area contributed by atoms with Crippen LogP contribution in [0.15, 0.2) is 72.8 Å². The number of carbonyl (C=O) groups is 1. The maximum atomic E-state index is 13.4. The predicted octanol–water partition coefficient (Wildman–Crippen LogP) is 5.84. The molecule has 0 radical (unpaired) electrons. The lowest BCUT2D eigenvalue weighted by molar-refractivity contribution is -0.137. The van der Waals surface area contributed by atoms with Crippen molar-refractivity contribution in [3.05, 3.63) is 94.5 Å². The highest BCUT2D eigenvalue weighted by Gasteiger charge is 2.35. The molecule has 3 aromatic carbocycles. The summed E-state index contributed by atoms with van der Waals surface area (Å²) in [5, 5.41) is 5.45. The third-order valence-electron chi connectivity index (χ3n) is 4.58. The quantitative estimate of drug-likeness (QED) is 0.477. The summed E-state index contributed by atoms with van der Waals surface area (Å²) in [7, 11) is 1.55. The van der Waals surface area contributed by atoms with Gasteiger partial charge in [0.2, 0.25) is 5.91 Å². The van der Waals surface area contributed by atoms with Crippen molar-refractivity contribution in [3.8, 4) is 5.75 Å². The summed E-state index contributed by atoms with van der Waals surface area (Å²) in [5.74, 6) is 0.0397. The number of nitrogens with one attached hydrogen (secondary N) is 2. The van der Waals surface area contributed by atoms with Gasteiger partial charge in [-0.3, -0.25) is 10.1 Å². The SMILES string of the molecule is COc1cccc(CNC(C(=O)Nc2ccc(Cl)cc2C(F)(F)F)c2ccccc2)c1. The molecule has 0 saturated carbocycles. The first-order chi connectivity index (χ1) is 14.8. The number of alkyl halides is 3. The van der Waals surface area contributed by atoms with Gasteiger partial charge in [0, 0.05) is 11.6 Å². The number of hydrogen-bond donors (Lipinski definition) is 2. The number of rotatable bonds is 7. The molecule has 8 heteroatoms. The second kappa shape index (κ2) is 9.85. The van der Waals surface area contributed by atoms with Crippen LogP contribution in [0.3, 0.4) is 0 Å². The van der Waals surface area contributed by atoms with Crippen LogP contribution >= 0.6 is 11.6 Å². The van der Waals surface area contributed by atoms with Crippen molar-refractivity contribution in [1.29, 1.82) is 0 Å². The predicted molar refractivity (Wildman–Crippen MR) is 114 cm³/mol. The highest BCUT2D eigenvalue weighted by Crippen LogP contribution is 2.36. The minimum absolute atomic E-state index is 0.0684. The maximum Gasteiger partial charge on any atom is 0.418 e. The van der Waals surface area contributed by atoms with Crippen LogP contribution in [0.1, 0.15) is 22.7 Å². The maximum absolute atomic E-state index is 13.4. The highest BCUT2D eigenvalue weighted by molar-refractivity contribution is 6.30. The summed E-state index contributed by atoms with van der Waals surface area (Å²) in [6, 6.07) is 18.4. The van der Waals surface area contributed by atoms with Crippen LogP contribution in [0.5, 0.6) is 5.75 Å². The summed E-state index contributed by atoms with van der Waals surface area (Å²) >= 11 is 5.72. The number of anilines is 1. The van der Waals surface area contributed by atoms with Crippen molar-refractivity contribution in [2.75, 3.05) is 12.4 Å². The Balaban J connectivity index is 1.85. The second-order valence-corrected chi connectivity index (χ2v) is 7.19. The highest BCUT2D eigenvalue weighted by atomic mass is 35.5. The molecule has 31 heavy (non-hydrogen) atoms. The molecule has 0 aliphatic heterocycles. The van der Waals surface area contributed by atoms with E-state index in [9.17, 15) is 18.0 Å². The average Bonchev–Trinajstić information content (AvgIpc) is 2.75. The average molecular weight is 449 g/mol. The van der Waals surface area contributed by atoms with Crippen LogP contribution in [0.2, 0.25) is 5.02 Å². The van der Waals surface area contributed by atoms with Gasteiger partial charge >= 0.3 is 6.18 Å². The zero-order valence-corrected chi connectivity index (χ0v) is 17.3. The summed E-state index contributed by atoms with van der Waals surface area (Å²) < 4.78 is 45.4. The van der Waals surface area contributed by atoms with E-state index in [4.69, 9.17) is 16.3 Å². The topological polar surface area (TPSA) is 50.4 Å². The second-order valence-electron chi connectivity index (χ2n) is 6.75. The Morgan fingerprint density at radius 1 is 1.03 bits per heavy atom. The van der Waals surface area contributed by atoms with Gasteiger partial charge in [-0.25, -0.2) is 0 Å². The molecular weight excluding hydrogens is 429 g/mol. The van der Waals surface area contributed by atoms with Gasteiger partial charge in [-0.15, -0.1) is 0 Å². The lowest BCUT2D eigenvalue weighted by atomic mass is 10.0. The molecule has 1 unspecified atom stereocenters. The van der Waals surface area contributed by atoms with Crippen molar-refractivity contribution in [2.24, 2.45) is 0 Å². The molecule has 162 valence electrons. The Morgan fingerprint density at radius 3 is 2.45 bits per heavy atom. The summed E-state index contributed by atoms with van der Waals surface area (Å²) in [6.07, 6.45) is -4.66. The molecular formula is C23H20ClF3N2O2. The molecule has 0 aromatic heterocycles. The largest absolute Gasteiger partial charge is 0.497 e. The van der Waals surface area contributed by atoms with E-state index in [-0.39, 0.29) is 10.7 Å². The zero-order chi connectivity index (χ0) is 22.4. The van der Waals surface area contributed by atoms with Gasteiger partial charge in [0.25, 0.3) is 0 Å². The smallest absolute Gasteiger partial charge is 0.418 e. The van der Waals surface area contributed by atoms with E-state index in [0.29, 0.717) is 17.9 Å². The van der Waals surface area contributed by atoms with Gasteiger partial charge in [0.15, 0.2) is 0 Å². The fraction of sp³-hybridized carbons (Fsp3) is 0.174. The van der Waals surface area contributed by atoms with E-state index in [0.717, 1.165) is 17.7 Å². The number of methoxy groups -OCH3 is 1. The van der Waals surface area contributed by atoms with Crippen LogP contribution in [0.4, 0.5) is 18.9 Å². The third-order valence-corrected chi connectivity index (χ3v) is 4.82. The van der Waals surface area contributed by atoms with Crippen molar-refractivity contribution in [3.63, 3.8) is 0 Å². The van der Waals surface area contributed by atoms with Gasteiger partial charge in [0.1, 0.15) is 11.8 Å². The number of hydrogen-bond acceptors (Lipinski definition) is 3. The standard InChI is InChI=1S/C23H20ClF3N2O2/c1-31-18-9-5-6-15(12-18)14-28-21(16-7-3-2-4-8-16)22(30)29-20-11-10-17(24)13-19(20)23(25,26)27/h2-13,21,28H,14H2,1H3,(H,29,30). The van der Waals surface area contributed by atoms with E-state index in [1.54, 1.807) is 43.5 Å². The molecule has 0 spiro atoms. The van der Waals surface area contributed by atoms with Crippen molar-refractivity contribution < 1.29 is 22.7 Å². The summed E-state index contributed by atoms with van der Waals surface area (Å²) in [4.78, 5) is 13.0. The lowest BCUT2D eigenvalue weighted by Crippen LogP contribution is -2.33. The number of amides is 1. The number of ether oxygens (including phenoxy) is 1. The molecule has 3 aromatic rings. The molecule has 3 rings (SSSR count). The Labute approximate surface area is 183 Å². The molecule has 1 amide bonds. The molecule has 2 N–H and O–H groups in total. The first kappa shape index (κ1) is 22.7. The first-order valence-corrected chi connectivity index (χ1v) is 9.74. The number of benzene rings is 3. The van der Waals surface area contributed by atoms with Crippen molar-refractivity contribution in [2.45, 2.75) is 18.8 Å². The minimum Gasteiger partial charge on any atom is -0.497 e. The molecule has 0 fully saturated rings. The molecule has 0 saturated heterocycles. The number of halogens is 4. The molecule has 0 aliphatic rings. The van der Waals surface area contributed by atoms with E-state index < -0.39 is 23.7 Å². The summed E-state index contributed by atoms with van der Waals surface area (Å²) in [5.41, 5.74) is 0.111. The van der Waals surface area contributed by atoms with Gasteiger partial charge in [-0.1, -0.05) is 54.1 Å². The molecule has 0 heterocycles. The monoisotopic (exact) mass is 448 g/mol. The first-order valence-electron chi connectivity index (χ1n) is 9.37. The Kier molecular flexibility index (Phi) is 7.20. The van der Waals surface area contributed by atoms with Crippen molar-refractivity contribution >= 4 is 23.2 Å². The fourth-order valence-corrected chi connectivity index (χ4v) is 3.25. The van der Waals surface area contributed by atoms with Crippen LogP contribution in [-0.2, 0) is 17.5 Å². The number of carbonyl (C=O) groups excluding carboxylic acids is 1. The fourth-order valence-electron chi connectivity index (χ4n) is 3.07. The van der Waals surface area contributed by atoms with E-state index in [2.05, 4.69) is 10.6 Å². The van der Waals surface area contributed by atoms with Crippen LogP contribution < -0.4 is 15.4 Å². The van der Waals surface area contributed by atoms with E-state index in [1.165, 1.54) is 6.07 Å². The van der Waals surface area contributed by atoms with Gasteiger partial charge in [-0.05, 0) is 41.5 Å². The van der Waals surface area contributed by atoms with Crippen LogP contribution in [0.25, 0.3) is 0 Å². The van der Waals surface area contributed by atoms with Gasteiger partial charge < -0.3 is 10.1 Å². The molecule has 0 bridgehead atoms. The normalized spacial score (nSPS) is 12.3.